The first-order chi connectivity index (χ1) is 7.08. The molecule has 2 atom stereocenters. The number of piperidine rings is 1. The van der Waals surface area contributed by atoms with Gasteiger partial charge in [-0.15, -0.1) is 0 Å². The minimum Gasteiger partial charge on any atom is -0.301 e. The van der Waals surface area contributed by atoms with Crippen LogP contribution in [0.4, 0.5) is 0 Å². The number of nitrogens with zero attached hydrogens (tertiary/aromatic N) is 2. The molecule has 0 amide bonds. The largest absolute Gasteiger partial charge is 0.301 e. The van der Waals surface area contributed by atoms with E-state index in [1.807, 2.05) is 0 Å². The molecule has 0 aromatic rings. The van der Waals surface area contributed by atoms with Crippen LogP contribution < -0.4 is 0 Å². The Balaban J connectivity index is 1.92. The maximum atomic E-state index is 2.67. The average Bonchev–Trinajstić information content (AvgIpc) is 2.59. The molecular formula is C13H26N2. The molecule has 2 fully saturated rings. The Morgan fingerprint density at radius 3 is 1.93 bits per heavy atom. The molecule has 2 unspecified atom stereocenters. The van der Waals surface area contributed by atoms with Crippen LogP contribution in [0.1, 0.15) is 34.1 Å². The van der Waals surface area contributed by atoms with E-state index < -0.39 is 0 Å². The second kappa shape index (κ2) is 4.42. The first-order valence-corrected chi connectivity index (χ1v) is 6.56. The molecule has 0 radical (unpaired) electrons. The van der Waals surface area contributed by atoms with Gasteiger partial charge in [-0.3, -0.25) is 0 Å². The SMILES string of the molecule is CC(C)N1CCC2CN(C(C)C)CC2C1. The highest BCUT2D eigenvalue weighted by molar-refractivity contribution is 4.91. The summed E-state index contributed by atoms with van der Waals surface area (Å²) >= 11 is 0. The molecule has 0 aliphatic carbocycles. The molecule has 2 aliphatic rings. The molecule has 2 nitrogen and oxygen atoms in total. The first-order valence-electron chi connectivity index (χ1n) is 6.56. The van der Waals surface area contributed by atoms with Crippen LogP contribution in [0.2, 0.25) is 0 Å². The Morgan fingerprint density at radius 1 is 0.800 bits per heavy atom. The van der Waals surface area contributed by atoms with E-state index >= 15 is 0 Å². The number of rotatable bonds is 2. The Kier molecular flexibility index (Phi) is 3.36. The van der Waals surface area contributed by atoms with Crippen molar-refractivity contribution in [2.45, 2.75) is 46.2 Å². The van der Waals surface area contributed by atoms with Crippen LogP contribution in [0.5, 0.6) is 0 Å². The summed E-state index contributed by atoms with van der Waals surface area (Å²) < 4.78 is 0. The van der Waals surface area contributed by atoms with Crippen LogP contribution in [0.3, 0.4) is 0 Å². The van der Waals surface area contributed by atoms with Crippen LogP contribution in [0, 0.1) is 11.8 Å². The van der Waals surface area contributed by atoms with E-state index in [0.29, 0.717) is 0 Å². The molecule has 2 saturated heterocycles. The Hall–Kier alpha value is -0.0800. The third kappa shape index (κ3) is 2.36. The van der Waals surface area contributed by atoms with Crippen molar-refractivity contribution < 1.29 is 0 Å². The van der Waals surface area contributed by atoms with Gasteiger partial charge in [-0.2, -0.15) is 0 Å². The van der Waals surface area contributed by atoms with Crippen LogP contribution in [-0.4, -0.2) is 48.1 Å². The monoisotopic (exact) mass is 210 g/mol. The van der Waals surface area contributed by atoms with Crippen LogP contribution >= 0.6 is 0 Å². The molecule has 88 valence electrons. The molecule has 0 saturated carbocycles. The fourth-order valence-electron chi connectivity index (χ4n) is 3.12. The standard InChI is InChI=1S/C13H26N2/c1-10(2)14-6-5-12-7-15(11(3)4)9-13(12)8-14/h10-13H,5-9H2,1-4H3. The van der Waals surface area contributed by atoms with Crippen LogP contribution in [0.25, 0.3) is 0 Å². The molecular weight excluding hydrogens is 184 g/mol. The molecule has 2 heteroatoms. The highest BCUT2D eigenvalue weighted by Gasteiger charge is 2.37. The van der Waals surface area contributed by atoms with Crippen LogP contribution in [0.15, 0.2) is 0 Å². The molecule has 0 aromatic carbocycles. The van der Waals surface area contributed by atoms with Crippen molar-refractivity contribution in [3.8, 4) is 0 Å². The highest BCUT2D eigenvalue weighted by atomic mass is 15.2. The summed E-state index contributed by atoms with van der Waals surface area (Å²) in [6.07, 6.45) is 1.42. The van der Waals surface area contributed by atoms with Crippen molar-refractivity contribution in [3.05, 3.63) is 0 Å². The Bertz CT molecular complexity index is 207. The van der Waals surface area contributed by atoms with E-state index in [1.165, 1.54) is 32.6 Å². The number of likely N-dealkylation sites (tertiary alicyclic amines) is 2. The fraction of sp³-hybridized carbons (Fsp3) is 1.00. The molecule has 2 aliphatic heterocycles. The highest BCUT2D eigenvalue weighted by Crippen LogP contribution is 2.32. The maximum Gasteiger partial charge on any atom is 0.00388 e. The lowest BCUT2D eigenvalue weighted by atomic mass is 9.88. The number of hydrogen-bond donors (Lipinski definition) is 0. The summed E-state index contributed by atoms with van der Waals surface area (Å²) in [6, 6.07) is 1.47. The molecule has 0 N–H and O–H groups in total. The van der Waals surface area contributed by atoms with Crippen molar-refractivity contribution in [2.75, 3.05) is 26.2 Å². The second-order valence-electron chi connectivity index (χ2n) is 5.95. The van der Waals surface area contributed by atoms with Gasteiger partial charge in [0.15, 0.2) is 0 Å². The topological polar surface area (TPSA) is 6.48 Å². The lowest BCUT2D eigenvalue weighted by molar-refractivity contribution is 0.118. The number of hydrogen-bond acceptors (Lipinski definition) is 2. The fourth-order valence-corrected chi connectivity index (χ4v) is 3.12. The lowest BCUT2D eigenvalue weighted by Crippen LogP contribution is -2.43. The summed E-state index contributed by atoms with van der Waals surface area (Å²) in [4.78, 5) is 5.32. The summed E-state index contributed by atoms with van der Waals surface area (Å²) in [7, 11) is 0. The van der Waals surface area contributed by atoms with Gasteiger partial charge in [0.2, 0.25) is 0 Å². The Morgan fingerprint density at radius 2 is 1.33 bits per heavy atom. The quantitative estimate of drug-likeness (QED) is 0.688. The Labute approximate surface area is 94.6 Å². The molecule has 0 bridgehead atoms. The van der Waals surface area contributed by atoms with E-state index in [-0.39, 0.29) is 0 Å². The first kappa shape index (κ1) is 11.4. The molecule has 0 spiro atoms. The van der Waals surface area contributed by atoms with Gasteiger partial charge in [0.1, 0.15) is 0 Å². The summed E-state index contributed by atoms with van der Waals surface area (Å²) in [6.45, 7) is 14.7. The number of fused-ring (bicyclic) bond motifs is 1. The lowest BCUT2D eigenvalue weighted by Gasteiger charge is -2.36. The van der Waals surface area contributed by atoms with Gasteiger partial charge in [-0.05, 0) is 52.5 Å². The van der Waals surface area contributed by atoms with Gasteiger partial charge in [-0.25, -0.2) is 0 Å². The zero-order valence-corrected chi connectivity index (χ0v) is 10.7. The maximum absolute atomic E-state index is 2.67. The summed E-state index contributed by atoms with van der Waals surface area (Å²) in [5.74, 6) is 1.94. The zero-order chi connectivity index (χ0) is 11.0. The predicted molar refractivity (Wildman–Crippen MR) is 65.0 cm³/mol. The molecule has 2 heterocycles. The minimum absolute atomic E-state index is 0.735. The van der Waals surface area contributed by atoms with Gasteiger partial charge in [0.05, 0.1) is 0 Å². The van der Waals surface area contributed by atoms with Gasteiger partial charge in [-0.1, -0.05) is 0 Å². The van der Waals surface area contributed by atoms with Gasteiger partial charge >= 0.3 is 0 Å². The molecule has 0 aromatic heterocycles. The molecule has 15 heavy (non-hydrogen) atoms. The minimum atomic E-state index is 0.735. The predicted octanol–water partition coefficient (Wildman–Crippen LogP) is 2.06. The van der Waals surface area contributed by atoms with Crippen molar-refractivity contribution in [1.29, 1.82) is 0 Å². The van der Waals surface area contributed by atoms with Crippen molar-refractivity contribution in [3.63, 3.8) is 0 Å². The summed E-state index contributed by atoms with van der Waals surface area (Å²) in [5.41, 5.74) is 0. The van der Waals surface area contributed by atoms with E-state index in [0.717, 1.165) is 23.9 Å². The van der Waals surface area contributed by atoms with Gasteiger partial charge in [0, 0.05) is 31.7 Å². The van der Waals surface area contributed by atoms with Crippen LogP contribution in [-0.2, 0) is 0 Å². The smallest absolute Gasteiger partial charge is 0.00388 e. The van der Waals surface area contributed by atoms with Crippen molar-refractivity contribution in [2.24, 2.45) is 11.8 Å². The third-order valence-electron chi connectivity index (χ3n) is 4.32. The van der Waals surface area contributed by atoms with E-state index in [1.54, 1.807) is 0 Å². The zero-order valence-electron chi connectivity index (χ0n) is 10.7. The normalized spacial score (nSPS) is 34.0. The van der Waals surface area contributed by atoms with E-state index in [9.17, 15) is 0 Å². The van der Waals surface area contributed by atoms with Crippen molar-refractivity contribution in [1.82, 2.24) is 9.80 Å². The average molecular weight is 210 g/mol. The van der Waals surface area contributed by atoms with E-state index in [4.69, 9.17) is 0 Å². The van der Waals surface area contributed by atoms with Gasteiger partial charge < -0.3 is 9.80 Å². The third-order valence-corrected chi connectivity index (χ3v) is 4.32. The van der Waals surface area contributed by atoms with Gasteiger partial charge in [0.25, 0.3) is 0 Å². The molecule has 2 rings (SSSR count). The van der Waals surface area contributed by atoms with E-state index in [2.05, 4.69) is 37.5 Å². The second-order valence-corrected chi connectivity index (χ2v) is 5.95. The summed E-state index contributed by atoms with van der Waals surface area (Å²) in [5, 5.41) is 0. The van der Waals surface area contributed by atoms with Crippen molar-refractivity contribution >= 4 is 0 Å².